The molecular weight excluding hydrogens is 468 g/mol. The number of nitrogens with one attached hydrogen (secondary N) is 2. The highest BCUT2D eigenvalue weighted by atomic mass is 16.5. The highest BCUT2D eigenvalue weighted by molar-refractivity contribution is 6.04. The topological polar surface area (TPSA) is 159 Å². The van der Waals surface area contributed by atoms with Gasteiger partial charge in [-0.1, -0.05) is 5.16 Å². The average molecular weight is 492 g/mol. The van der Waals surface area contributed by atoms with Gasteiger partial charge in [0.15, 0.2) is 5.82 Å². The Kier molecular flexibility index (Phi) is 7.18. The van der Waals surface area contributed by atoms with Crippen molar-refractivity contribution < 1.29 is 23.6 Å². The number of amides is 2. The van der Waals surface area contributed by atoms with Crippen molar-refractivity contribution in [2.75, 3.05) is 11.9 Å². The van der Waals surface area contributed by atoms with E-state index in [9.17, 15) is 9.59 Å². The molecule has 1 aromatic carbocycles. The first kappa shape index (κ1) is 24.3. The van der Waals surface area contributed by atoms with Crippen LogP contribution < -0.4 is 20.1 Å². The predicted octanol–water partition coefficient (Wildman–Crippen LogP) is 2.84. The summed E-state index contributed by atoms with van der Waals surface area (Å²) in [5, 5.41) is 13.1. The number of hydrogen-bond donors (Lipinski definition) is 2. The molecule has 13 nitrogen and oxygen atoms in total. The standard InChI is InChI=1S/C23H24N8O5/c1-5-24-22(33)20-28-23(36-30-20)17-11-26-19(12-25-17)35-16-9-14(8-15(10-16)34-13(2)3)21(32)27-18-6-7-31(4)29-18/h6-13H,5H2,1-4H3,(H,24,33)(H,27,29,32). The van der Waals surface area contributed by atoms with Crippen LogP contribution in [0.1, 0.15) is 41.7 Å². The minimum Gasteiger partial charge on any atom is -0.491 e. The minimum absolute atomic E-state index is 0.0381. The van der Waals surface area contributed by atoms with E-state index < -0.39 is 5.91 Å². The van der Waals surface area contributed by atoms with E-state index in [1.165, 1.54) is 12.4 Å². The van der Waals surface area contributed by atoms with E-state index >= 15 is 0 Å². The molecule has 0 spiro atoms. The number of nitrogens with zero attached hydrogens (tertiary/aromatic N) is 6. The van der Waals surface area contributed by atoms with Gasteiger partial charge in [-0.05, 0) is 32.9 Å². The van der Waals surface area contributed by atoms with E-state index in [1.807, 2.05) is 13.8 Å². The van der Waals surface area contributed by atoms with Gasteiger partial charge in [0.2, 0.25) is 5.88 Å². The van der Waals surface area contributed by atoms with Gasteiger partial charge in [0.25, 0.3) is 23.5 Å². The van der Waals surface area contributed by atoms with Crippen LogP contribution in [0.25, 0.3) is 11.6 Å². The lowest BCUT2D eigenvalue weighted by molar-refractivity contribution is 0.0941. The lowest BCUT2D eigenvalue weighted by Crippen LogP contribution is -2.23. The Balaban J connectivity index is 1.52. The first-order valence-electron chi connectivity index (χ1n) is 11.1. The molecule has 2 N–H and O–H groups in total. The van der Waals surface area contributed by atoms with Crippen molar-refractivity contribution in [1.29, 1.82) is 0 Å². The van der Waals surface area contributed by atoms with Gasteiger partial charge in [-0.15, -0.1) is 0 Å². The third-order valence-electron chi connectivity index (χ3n) is 4.51. The molecule has 4 aromatic rings. The number of ether oxygens (including phenoxy) is 2. The van der Waals surface area contributed by atoms with Gasteiger partial charge in [-0.25, -0.2) is 9.97 Å². The molecule has 0 fully saturated rings. The van der Waals surface area contributed by atoms with Gasteiger partial charge in [0.1, 0.15) is 17.2 Å². The summed E-state index contributed by atoms with van der Waals surface area (Å²) in [6.45, 7) is 5.97. The summed E-state index contributed by atoms with van der Waals surface area (Å²) < 4.78 is 18.3. The van der Waals surface area contributed by atoms with Crippen molar-refractivity contribution in [3.05, 3.63) is 54.2 Å². The number of rotatable bonds is 9. The molecule has 36 heavy (non-hydrogen) atoms. The predicted molar refractivity (Wildman–Crippen MR) is 127 cm³/mol. The Bertz CT molecular complexity index is 1360. The SMILES string of the molecule is CCNC(=O)c1noc(-c2cnc(Oc3cc(OC(C)C)cc(C(=O)Nc4ccn(C)n4)c3)cn2)n1. The molecule has 4 rings (SSSR count). The number of anilines is 1. The van der Waals surface area contributed by atoms with E-state index in [4.69, 9.17) is 14.0 Å². The Morgan fingerprint density at radius 3 is 2.58 bits per heavy atom. The van der Waals surface area contributed by atoms with Crippen LogP contribution in [0.15, 0.2) is 47.4 Å². The maximum absolute atomic E-state index is 12.8. The second kappa shape index (κ2) is 10.6. The average Bonchev–Trinajstić information content (AvgIpc) is 3.48. The van der Waals surface area contributed by atoms with Crippen LogP contribution >= 0.6 is 0 Å². The van der Waals surface area contributed by atoms with Gasteiger partial charge in [-0.2, -0.15) is 10.1 Å². The number of carbonyl (C=O) groups is 2. The lowest BCUT2D eigenvalue weighted by atomic mass is 10.2. The van der Waals surface area contributed by atoms with Crippen LogP contribution in [0, 0.1) is 0 Å². The Morgan fingerprint density at radius 2 is 1.92 bits per heavy atom. The molecule has 0 radical (unpaired) electrons. The minimum atomic E-state index is -0.452. The molecule has 0 bridgehead atoms. The fraction of sp³-hybridized carbons (Fsp3) is 0.261. The smallest absolute Gasteiger partial charge is 0.292 e. The van der Waals surface area contributed by atoms with Gasteiger partial charge in [0.05, 0.1) is 18.5 Å². The van der Waals surface area contributed by atoms with E-state index in [0.717, 1.165) is 0 Å². The van der Waals surface area contributed by atoms with Crippen LogP contribution in [0.4, 0.5) is 5.82 Å². The van der Waals surface area contributed by atoms with Crippen molar-refractivity contribution in [3.8, 4) is 29.0 Å². The van der Waals surface area contributed by atoms with Crippen molar-refractivity contribution in [2.24, 2.45) is 7.05 Å². The summed E-state index contributed by atoms with van der Waals surface area (Å²) in [4.78, 5) is 37.1. The van der Waals surface area contributed by atoms with E-state index in [2.05, 4.69) is 35.8 Å². The second-order valence-electron chi connectivity index (χ2n) is 7.81. The van der Waals surface area contributed by atoms with Crippen molar-refractivity contribution >= 4 is 17.6 Å². The van der Waals surface area contributed by atoms with Gasteiger partial charge in [-0.3, -0.25) is 14.3 Å². The van der Waals surface area contributed by atoms with Crippen LogP contribution in [-0.4, -0.2) is 54.4 Å². The van der Waals surface area contributed by atoms with Crippen LogP contribution in [0.5, 0.6) is 17.4 Å². The first-order valence-corrected chi connectivity index (χ1v) is 11.1. The fourth-order valence-electron chi connectivity index (χ4n) is 3.03. The van der Waals surface area contributed by atoms with Crippen LogP contribution in [-0.2, 0) is 7.05 Å². The number of carbonyl (C=O) groups excluding carboxylic acids is 2. The third kappa shape index (κ3) is 6.00. The van der Waals surface area contributed by atoms with Crippen molar-refractivity contribution in [3.63, 3.8) is 0 Å². The molecule has 0 atom stereocenters. The molecule has 0 aliphatic heterocycles. The highest BCUT2D eigenvalue weighted by Gasteiger charge is 2.17. The Labute approximate surface area is 205 Å². The molecule has 13 heteroatoms. The number of aryl methyl sites for hydroxylation is 1. The summed E-state index contributed by atoms with van der Waals surface area (Å²) in [5.74, 6) is 0.432. The third-order valence-corrected chi connectivity index (χ3v) is 4.51. The Morgan fingerprint density at radius 1 is 1.11 bits per heavy atom. The highest BCUT2D eigenvalue weighted by Crippen LogP contribution is 2.28. The summed E-state index contributed by atoms with van der Waals surface area (Å²) in [6.07, 6.45) is 4.33. The normalized spacial score (nSPS) is 10.8. The maximum Gasteiger partial charge on any atom is 0.292 e. The quantitative estimate of drug-likeness (QED) is 0.356. The molecule has 0 saturated heterocycles. The zero-order valence-electron chi connectivity index (χ0n) is 20.1. The van der Waals surface area contributed by atoms with Gasteiger partial charge in [0, 0.05) is 37.5 Å². The van der Waals surface area contributed by atoms with Crippen molar-refractivity contribution in [2.45, 2.75) is 26.9 Å². The lowest BCUT2D eigenvalue weighted by Gasteiger charge is -2.13. The molecule has 3 aromatic heterocycles. The van der Waals surface area contributed by atoms with E-state index in [-0.39, 0.29) is 35.3 Å². The monoisotopic (exact) mass is 492 g/mol. The molecule has 0 aliphatic carbocycles. The summed E-state index contributed by atoms with van der Waals surface area (Å²) in [5.41, 5.74) is 0.569. The largest absolute Gasteiger partial charge is 0.491 e. The van der Waals surface area contributed by atoms with E-state index in [0.29, 0.717) is 29.4 Å². The molecule has 0 unspecified atom stereocenters. The van der Waals surface area contributed by atoms with Gasteiger partial charge < -0.3 is 24.6 Å². The number of aromatic nitrogens is 6. The molecular formula is C23H24N8O5. The fourth-order valence-corrected chi connectivity index (χ4v) is 3.03. The van der Waals surface area contributed by atoms with Crippen molar-refractivity contribution in [1.82, 2.24) is 35.2 Å². The summed E-state index contributed by atoms with van der Waals surface area (Å²) in [6, 6.07) is 6.49. The maximum atomic E-state index is 12.8. The summed E-state index contributed by atoms with van der Waals surface area (Å²) >= 11 is 0. The molecule has 186 valence electrons. The van der Waals surface area contributed by atoms with Crippen LogP contribution in [0.3, 0.4) is 0 Å². The number of hydrogen-bond acceptors (Lipinski definition) is 10. The molecule has 2 amide bonds. The molecule has 0 aliphatic rings. The number of benzene rings is 1. The summed E-state index contributed by atoms with van der Waals surface area (Å²) in [7, 11) is 1.76. The van der Waals surface area contributed by atoms with Gasteiger partial charge >= 0.3 is 0 Å². The first-order chi connectivity index (χ1) is 17.3. The second-order valence-corrected chi connectivity index (χ2v) is 7.81. The molecule has 0 saturated carbocycles. The Hall–Kier alpha value is -4.81. The molecule has 3 heterocycles. The zero-order valence-corrected chi connectivity index (χ0v) is 20.1. The zero-order chi connectivity index (χ0) is 25.7. The van der Waals surface area contributed by atoms with E-state index in [1.54, 1.807) is 49.1 Å². The van der Waals surface area contributed by atoms with Crippen LogP contribution in [0.2, 0.25) is 0 Å².